The molecule has 6 heteroatoms. The first-order chi connectivity index (χ1) is 13.5. The Morgan fingerprint density at radius 1 is 1.00 bits per heavy atom. The first kappa shape index (κ1) is 20.6. The predicted molar refractivity (Wildman–Crippen MR) is 111 cm³/mol. The van der Waals surface area contributed by atoms with Crippen molar-refractivity contribution in [2.24, 2.45) is 0 Å². The lowest BCUT2D eigenvalue weighted by Crippen LogP contribution is -2.27. The van der Waals surface area contributed by atoms with E-state index in [9.17, 15) is 13.2 Å². The van der Waals surface area contributed by atoms with E-state index in [0.717, 1.165) is 24.8 Å². The number of hydrogen-bond donors (Lipinski definition) is 1. The van der Waals surface area contributed by atoms with Crippen LogP contribution in [0.25, 0.3) is 0 Å². The molecule has 1 saturated heterocycles. The summed E-state index contributed by atoms with van der Waals surface area (Å²) in [4.78, 5) is 12.4. The van der Waals surface area contributed by atoms with E-state index < -0.39 is 10.0 Å². The normalized spacial score (nSPS) is 14.9. The van der Waals surface area contributed by atoms with Crippen molar-refractivity contribution in [3.8, 4) is 0 Å². The summed E-state index contributed by atoms with van der Waals surface area (Å²) in [5.74, 6) is 0.0161. The maximum absolute atomic E-state index is 12.5. The Morgan fingerprint density at radius 3 is 2.36 bits per heavy atom. The SMILES string of the molecule is Cc1ccccc1CCNC(=O)CCc1ccc(S(=O)(=O)N2CCCC2)cc1. The van der Waals surface area contributed by atoms with Gasteiger partial charge < -0.3 is 5.32 Å². The molecule has 0 atom stereocenters. The Hall–Kier alpha value is -2.18. The van der Waals surface area contributed by atoms with Crippen molar-refractivity contribution in [3.63, 3.8) is 0 Å². The molecule has 3 rings (SSSR count). The minimum Gasteiger partial charge on any atom is -0.356 e. The summed E-state index contributed by atoms with van der Waals surface area (Å²) in [7, 11) is -3.37. The molecule has 1 heterocycles. The molecule has 1 N–H and O–H groups in total. The van der Waals surface area contributed by atoms with E-state index in [4.69, 9.17) is 0 Å². The fourth-order valence-electron chi connectivity index (χ4n) is 3.48. The first-order valence-corrected chi connectivity index (χ1v) is 11.3. The van der Waals surface area contributed by atoms with Gasteiger partial charge in [0.2, 0.25) is 15.9 Å². The van der Waals surface area contributed by atoms with Crippen LogP contribution in [-0.4, -0.2) is 38.3 Å². The lowest BCUT2D eigenvalue weighted by Gasteiger charge is -2.15. The number of aryl methyl sites for hydroxylation is 2. The summed E-state index contributed by atoms with van der Waals surface area (Å²) in [5.41, 5.74) is 3.45. The van der Waals surface area contributed by atoms with E-state index in [1.807, 2.05) is 24.3 Å². The van der Waals surface area contributed by atoms with Gasteiger partial charge in [0.15, 0.2) is 0 Å². The zero-order valence-electron chi connectivity index (χ0n) is 16.4. The number of rotatable bonds is 8. The van der Waals surface area contributed by atoms with E-state index in [-0.39, 0.29) is 5.91 Å². The van der Waals surface area contributed by atoms with Crippen LogP contribution >= 0.6 is 0 Å². The smallest absolute Gasteiger partial charge is 0.243 e. The van der Waals surface area contributed by atoms with Crippen molar-refractivity contribution < 1.29 is 13.2 Å². The van der Waals surface area contributed by atoms with Gasteiger partial charge in [-0.3, -0.25) is 4.79 Å². The Kier molecular flexibility index (Phi) is 6.86. The van der Waals surface area contributed by atoms with E-state index >= 15 is 0 Å². The molecule has 0 radical (unpaired) electrons. The largest absolute Gasteiger partial charge is 0.356 e. The summed E-state index contributed by atoms with van der Waals surface area (Å²) in [5, 5.41) is 2.96. The molecule has 28 heavy (non-hydrogen) atoms. The average molecular weight is 401 g/mol. The zero-order valence-corrected chi connectivity index (χ0v) is 17.2. The van der Waals surface area contributed by atoms with Crippen LogP contribution in [0.1, 0.15) is 36.0 Å². The van der Waals surface area contributed by atoms with Crippen molar-refractivity contribution in [1.82, 2.24) is 9.62 Å². The van der Waals surface area contributed by atoms with E-state index in [2.05, 4.69) is 24.4 Å². The standard InChI is InChI=1S/C22H28N2O3S/c1-18-6-2-3-7-20(18)14-15-23-22(25)13-10-19-8-11-21(12-9-19)28(26,27)24-16-4-5-17-24/h2-3,6-9,11-12H,4-5,10,13-17H2,1H3,(H,23,25). The number of sulfonamides is 1. The van der Waals surface area contributed by atoms with Crippen molar-refractivity contribution in [2.75, 3.05) is 19.6 Å². The van der Waals surface area contributed by atoms with Crippen LogP contribution in [-0.2, 0) is 27.7 Å². The lowest BCUT2D eigenvalue weighted by atomic mass is 10.1. The Bertz CT molecular complexity index is 902. The lowest BCUT2D eigenvalue weighted by molar-refractivity contribution is -0.121. The third kappa shape index (κ3) is 5.20. The highest BCUT2D eigenvalue weighted by molar-refractivity contribution is 7.89. The number of hydrogen-bond acceptors (Lipinski definition) is 3. The van der Waals surface area contributed by atoms with Crippen molar-refractivity contribution in [2.45, 2.75) is 43.9 Å². The highest BCUT2D eigenvalue weighted by atomic mass is 32.2. The van der Waals surface area contributed by atoms with E-state index in [1.165, 1.54) is 11.1 Å². The van der Waals surface area contributed by atoms with Crippen LogP contribution in [0, 0.1) is 6.92 Å². The second-order valence-corrected chi connectivity index (χ2v) is 9.22. The molecule has 0 saturated carbocycles. The van der Waals surface area contributed by atoms with Crippen LogP contribution in [0.15, 0.2) is 53.4 Å². The molecule has 0 aromatic heterocycles. The number of amides is 1. The van der Waals surface area contributed by atoms with Crippen LogP contribution in [0.2, 0.25) is 0 Å². The minimum atomic E-state index is -3.37. The van der Waals surface area contributed by atoms with Crippen LogP contribution in [0.5, 0.6) is 0 Å². The monoisotopic (exact) mass is 400 g/mol. The molecule has 1 fully saturated rings. The summed E-state index contributed by atoms with van der Waals surface area (Å²) in [6.45, 7) is 3.90. The van der Waals surface area contributed by atoms with E-state index in [0.29, 0.717) is 37.4 Å². The molecule has 2 aromatic carbocycles. The Labute approximate surface area is 167 Å². The van der Waals surface area contributed by atoms with Gasteiger partial charge in [-0.25, -0.2) is 8.42 Å². The predicted octanol–water partition coefficient (Wildman–Crippen LogP) is 3.07. The van der Waals surface area contributed by atoms with Gasteiger partial charge in [0.1, 0.15) is 0 Å². The number of nitrogens with one attached hydrogen (secondary N) is 1. The zero-order chi connectivity index (χ0) is 20.0. The molecule has 1 aliphatic rings. The molecule has 5 nitrogen and oxygen atoms in total. The number of carbonyl (C=O) groups excluding carboxylic acids is 1. The van der Waals surface area contributed by atoms with Gasteiger partial charge in [0.05, 0.1) is 4.90 Å². The first-order valence-electron chi connectivity index (χ1n) is 9.87. The molecular formula is C22H28N2O3S. The van der Waals surface area contributed by atoms with Gasteiger partial charge in [-0.05, 0) is 61.4 Å². The highest BCUT2D eigenvalue weighted by Crippen LogP contribution is 2.21. The van der Waals surface area contributed by atoms with Gasteiger partial charge in [0.25, 0.3) is 0 Å². The second-order valence-electron chi connectivity index (χ2n) is 7.28. The number of nitrogens with zero attached hydrogens (tertiary/aromatic N) is 1. The van der Waals surface area contributed by atoms with Gasteiger partial charge in [-0.15, -0.1) is 0 Å². The van der Waals surface area contributed by atoms with Crippen molar-refractivity contribution in [3.05, 3.63) is 65.2 Å². The third-order valence-electron chi connectivity index (χ3n) is 5.24. The Morgan fingerprint density at radius 2 is 1.68 bits per heavy atom. The van der Waals surface area contributed by atoms with E-state index in [1.54, 1.807) is 16.4 Å². The number of benzene rings is 2. The molecule has 2 aromatic rings. The fraction of sp³-hybridized carbons (Fsp3) is 0.409. The molecule has 1 aliphatic heterocycles. The molecule has 150 valence electrons. The topological polar surface area (TPSA) is 66.5 Å². The molecule has 0 unspecified atom stereocenters. The summed E-state index contributed by atoms with van der Waals surface area (Å²) in [6.07, 6.45) is 3.67. The molecule has 0 spiro atoms. The summed E-state index contributed by atoms with van der Waals surface area (Å²) in [6, 6.07) is 15.1. The van der Waals surface area contributed by atoms with Gasteiger partial charge in [0, 0.05) is 26.1 Å². The highest BCUT2D eigenvalue weighted by Gasteiger charge is 2.26. The number of carbonyl (C=O) groups is 1. The summed E-state index contributed by atoms with van der Waals surface area (Å²) >= 11 is 0. The molecule has 0 aliphatic carbocycles. The van der Waals surface area contributed by atoms with Crippen LogP contribution in [0.3, 0.4) is 0 Å². The second kappa shape index (κ2) is 9.34. The quantitative estimate of drug-likeness (QED) is 0.741. The minimum absolute atomic E-state index is 0.0161. The van der Waals surface area contributed by atoms with Gasteiger partial charge in [-0.2, -0.15) is 4.31 Å². The van der Waals surface area contributed by atoms with Gasteiger partial charge in [-0.1, -0.05) is 36.4 Å². The molecule has 1 amide bonds. The van der Waals surface area contributed by atoms with Gasteiger partial charge >= 0.3 is 0 Å². The average Bonchev–Trinajstić information content (AvgIpc) is 3.24. The van der Waals surface area contributed by atoms with Crippen LogP contribution in [0.4, 0.5) is 0 Å². The fourth-order valence-corrected chi connectivity index (χ4v) is 5.00. The Balaban J connectivity index is 1.45. The summed E-state index contributed by atoms with van der Waals surface area (Å²) < 4.78 is 26.6. The van der Waals surface area contributed by atoms with Crippen LogP contribution < -0.4 is 5.32 Å². The molecular weight excluding hydrogens is 372 g/mol. The maximum Gasteiger partial charge on any atom is 0.243 e. The van der Waals surface area contributed by atoms with Crippen molar-refractivity contribution in [1.29, 1.82) is 0 Å². The van der Waals surface area contributed by atoms with Crippen molar-refractivity contribution >= 4 is 15.9 Å². The molecule has 0 bridgehead atoms. The maximum atomic E-state index is 12.5. The third-order valence-corrected chi connectivity index (χ3v) is 7.16.